The molecule has 3 rings (SSSR count). The number of aromatic amines is 1. The van der Waals surface area contributed by atoms with Crippen molar-refractivity contribution in [3.05, 3.63) is 59.9 Å². The number of carbonyl (C=O) groups excluding carboxylic acids is 2. The average Bonchev–Trinajstić information content (AvgIpc) is 3.06. The summed E-state index contributed by atoms with van der Waals surface area (Å²) in [5.41, 5.74) is 2.36. The lowest BCUT2D eigenvalue weighted by atomic mass is 10.2. The van der Waals surface area contributed by atoms with Gasteiger partial charge in [0.1, 0.15) is 11.4 Å². The van der Waals surface area contributed by atoms with Crippen LogP contribution in [0.4, 0.5) is 10.5 Å². The third-order valence-electron chi connectivity index (χ3n) is 4.08. The predicted octanol–water partition coefficient (Wildman–Crippen LogP) is 4.27. The molecule has 1 aromatic heterocycles. The standard InChI is InChI=1S/C22H26N4O3/c1-22(2,3)29-21(28)24-16-9-6-8-15(14-16)20(27)23-13-7-12-19-25-17-10-4-5-11-18(17)26-19/h4-6,8-11,14H,7,12-13H2,1-3H3,(H,23,27)(H,24,28)(H,25,26). The number of anilines is 1. The van der Waals surface area contributed by atoms with Gasteiger partial charge in [-0.1, -0.05) is 18.2 Å². The van der Waals surface area contributed by atoms with Crippen LogP contribution in [0.25, 0.3) is 11.0 Å². The normalized spacial score (nSPS) is 11.3. The van der Waals surface area contributed by atoms with Crippen molar-refractivity contribution in [3.63, 3.8) is 0 Å². The Morgan fingerprint density at radius 2 is 1.90 bits per heavy atom. The molecular weight excluding hydrogens is 368 g/mol. The number of ether oxygens (including phenoxy) is 1. The summed E-state index contributed by atoms with van der Waals surface area (Å²) in [5.74, 6) is 0.714. The molecule has 1 heterocycles. The molecule has 7 nitrogen and oxygen atoms in total. The third-order valence-corrected chi connectivity index (χ3v) is 4.08. The van der Waals surface area contributed by atoms with E-state index in [9.17, 15) is 9.59 Å². The number of carbonyl (C=O) groups is 2. The van der Waals surface area contributed by atoms with Crippen LogP contribution in [0, 0.1) is 0 Å². The first-order chi connectivity index (χ1) is 13.8. The second-order valence-electron chi connectivity index (χ2n) is 7.77. The average molecular weight is 394 g/mol. The van der Waals surface area contributed by atoms with E-state index in [1.54, 1.807) is 45.0 Å². The summed E-state index contributed by atoms with van der Waals surface area (Å²) in [5, 5.41) is 5.54. The van der Waals surface area contributed by atoms with Gasteiger partial charge in [-0.2, -0.15) is 0 Å². The Labute approximate surface area is 169 Å². The number of fused-ring (bicyclic) bond motifs is 1. The van der Waals surface area contributed by atoms with Crippen molar-refractivity contribution in [3.8, 4) is 0 Å². The van der Waals surface area contributed by atoms with Crippen LogP contribution in [0.1, 0.15) is 43.4 Å². The Hall–Kier alpha value is -3.35. The van der Waals surface area contributed by atoms with Gasteiger partial charge in [0.05, 0.1) is 11.0 Å². The Morgan fingerprint density at radius 1 is 1.10 bits per heavy atom. The first-order valence-corrected chi connectivity index (χ1v) is 9.62. The molecule has 0 saturated heterocycles. The van der Waals surface area contributed by atoms with E-state index in [1.165, 1.54) is 0 Å². The number of imidazole rings is 1. The van der Waals surface area contributed by atoms with E-state index in [0.29, 0.717) is 17.8 Å². The highest BCUT2D eigenvalue weighted by atomic mass is 16.6. The molecule has 152 valence electrons. The van der Waals surface area contributed by atoms with Gasteiger partial charge in [0.2, 0.25) is 0 Å². The quantitative estimate of drug-likeness (QED) is 0.544. The largest absolute Gasteiger partial charge is 0.444 e. The maximum Gasteiger partial charge on any atom is 0.412 e. The van der Waals surface area contributed by atoms with Gasteiger partial charge in [-0.15, -0.1) is 0 Å². The second-order valence-corrected chi connectivity index (χ2v) is 7.77. The summed E-state index contributed by atoms with van der Waals surface area (Å²) in [6, 6.07) is 14.6. The molecule has 2 amide bonds. The SMILES string of the molecule is CC(C)(C)OC(=O)Nc1cccc(C(=O)NCCCc2nc3ccccc3[nH]2)c1. The van der Waals surface area contributed by atoms with Crippen molar-refractivity contribution < 1.29 is 14.3 Å². The molecule has 0 fully saturated rings. The molecule has 3 N–H and O–H groups in total. The Balaban J connectivity index is 1.48. The topological polar surface area (TPSA) is 96.1 Å². The molecular formula is C22H26N4O3. The number of hydrogen-bond donors (Lipinski definition) is 3. The fraction of sp³-hybridized carbons (Fsp3) is 0.318. The summed E-state index contributed by atoms with van der Waals surface area (Å²) in [7, 11) is 0. The molecule has 0 saturated carbocycles. The number of hydrogen-bond acceptors (Lipinski definition) is 4. The first-order valence-electron chi connectivity index (χ1n) is 9.62. The number of nitrogens with one attached hydrogen (secondary N) is 3. The fourth-order valence-corrected chi connectivity index (χ4v) is 2.84. The maximum atomic E-state index is 12.4. The van der Waals surface area contributed by atoms with Gasteiger partial charge in [0.15, 0.2) is 0 Å². The van der Waals surface area contributed by atoms with Gasteiger partial charge in [-0.25, -0.2) is 9.78 Å². The van der Waals surface area contributed by atoms with E-state index >= 15 is 0 Å². The number of nitrogens with zero attached hydrogens (tertiary/aromatic N) is 1. The Bertz CT molecular complexity index is 971. The smallest absolute Gasteiger partial charge is 0.412 e. The minimum Gasteiger partial charge on any atom is -0.444 e. The van der Waals surface area contributed by atoms with Crippen LogP contribution < -0.4 is 10.6 Å². The monoisotopic (exact) mass is 394 g/mol. The number of H-pyrrole nitrogens is 1. The molecule has 0 aliphatic rings. The van der Waals surface area contributed by atoms with Gasteiger partial charge < -0.3 is 15.0 Å². The van der Waals surface area contributed by atoms with E-state index < -0.39 is 11.7 Å². The van der Waals surface area contributed by atoms with Crippen molar-refractivity contribution in [2.75, 3.05) is 11.9 Å². The molecule has 7 heteroatoms. The van der Waals surface area contributed by atoms with Crippen molar-refractivity contribution in [1.82, 2.24) is 15.3 Å². The van der Waals surface area contributed by atoms with E-state index in [2.05, 4.69) is 20.6 Å². The number of para-hydroxylation sites is 2. The van der Waals surface area contributed by atoms with Crippen molar-refractivity contribution >= 4 is 28.7 Å². The Morgan fingerprint density at radius 3 is 2.66 bits per heavy atom. The summed E-state index contributed by atoms with van der Waals surface area (Å²) in [6.07, 6.45) is 0.956. The van der Waals surface area contributed by atoms with Gasteiger partial charge in [0, 0.05) is 24.2 Å². The summed E-state index contributed by atoms with van der Waals surface area (Å²) < 4.78 is 5.23. The number of aromatic nitrogens is 2. The lowest BCUT2D eigenvalue weighted by Gasteiger charge is -2.19. The van der Waals surface area contributed by atoms with Gasteiger partial charge >= 0.3 is 6.09 Å². The number of amides is 2. The van der Waals surface area contributed by atoms with Gasteiger partial charge in [0.25, 0.3) is 5.91 Å². The van der Waals surface area contributed by atoms with Crippen LogP contribution in [0.2, 0.25) is 0 Å². The number of rotatable bonds is 6. The molecule has 2 aromatic carbocycles. The molecule has 0 atom stereocenters. The maximum absolute atomic E-state index is 12.4. The molecule has 3 aromatic rings. The van der Waals surface area contributed by atoms with E-state index in [-0.39, 0.29) is 5.91 Å². The lowest BCUT2D eigenvalue weighted by molar-refractivity contribution is 0.0635. The minimum absolute atomic E-state index is 0.192. The van der Waals surface area contributed by atoms with Gasteiger partial charge in [-0.3, -0.25) is 10.1 Å². The summed E-state index contributed by atoms with van der Waals surface area (Å²) in [6.45, 7) is 5.91. The lowest BCUT2D eigenvalue weighted by Crippen LogP contribution is -2.27. The molecule has 0 spiro atoms. The number of aryl methyl sites for hydroxylation is 1. The van der Waals surface area contributed by atoms with Crippen LogP contribution in [0.5, 0.6) is 0 Å². The van der Waals surface area contributed by atoms with Crippen LogP contribution in [0.3, 0.4) is 0 Å². The zero-order chi connectivity index (χ0) is 20.9. The molecule has 0 unspecified atom stereocenters. The highest BCUT2D eigenvalue weighted by Crippen LogP contribution is 2.14. The minimum atomic E-state index is -0.584. The van der Waals surface area contributed by atoms with E-state index in [4.69, 9.17) is 4.74 Å². The fourth-order valence-electron chi connectivity index (χ4n) is 2.84. The molecule has 0 radical (unpaired) electrons. The summed E-state index contributed by atoms with van der Waals surface area (Å²) in [4.78, 5) is 32.1. The van der Waals surface area contributed by atoms with Crippen LogP contribution in [0.15, 0.2) is 48.5 Å². The highest BCUT2D eigenvalue weighted by molar-refractivity contribution is 5.96. The molecule has 0 bridgehead atoms. The molecule has 29 heavy (non-hydrogen) atoms. The Kier molecular flexibility index (Phi) is 6.16. The van der Waals surface area contributed by atoms with Gasteiger partial charge in [-0.05, 0) is 57.5 Å². The van der Waals surface area contributed by atoms with E-state index in [1.807, 2.05) is 24.3 Å². The zero-order valence-electron chi connectivity index (χ0n) is 16.9. The zero-order valence-corrected chi connectivity index (χ0v) is 16.9. The number of benzene rings is 2. The van der Waals surface area contributed by atoms with Crippen LogP contribution in [-0.4, -0.2) is 34.1 Å². The summed E-state index contributed by atoms with van der Waals surface area (Å²) >= 11 is 0. The van der Waals surface area contributed by atoms with Crippen LogP contribution in [-0.2, 0) is 11.2 Å². The highest BCUT2D eigenvalue weighted by Gasteiger charge is 2.16. The second kappa shape index (κ2) is 8.77. The van der Waals surface area contributed by atoms with Crippen LogP contribution >= 0.6 is 0 Å². The van der Waals surface area contributed by atoms with Crippen molar-refractivity contribution in [1.29, 1.82) is 0 Å². The third kappa shape index (κ3) is 6.07. The predicted molar refractivity (Wildman–Crippen MR) is 113 cm³/mol. The van der Waals surface area contributed by atoms with E-state index in [0.717, 1.165) is 29.7 Å². The van der Waals surface area contributed by atoms with Crippen molar-refractivity contribution in [2.24, 2.45) is 0 Å². The molecule has 0 aliphatic heterocycles. The first kappa shape index (κ1) is 20.4. The molecule has 0 aliphatic carbocycles. The van der Waals surface area contributed by atoms with Crippen molar-refractivity contribution in [2.45, 2.75) is 39.2 Å².